The maximum absolute atomic E-state index is 13.1. The number of rotatable bonds is 5. The topological polar surface area (TPSA) is 73.2 Å². The normalized spacial score (nSPS) is 18.0. The van der Waals surface area contributed by atoms with E-state index in [0.29, 0.717) is 43.1 Å². The minimum Gasteiger partial charge on any atom is -0.342 e. The van der Waals surface area contributed by atoms with E-state index in [2.05, 4.69) is 35.7 Å². The van der Waals surface area contributed by atoms with Gasteiger partial charge in [-0.05, 0) is 55.7 Å². The van der Waals surface area contributed by atoms with Crippen LogP contribution in [-0.4, -0.2) is 29.8 Å². The Labute approximate surface area is 171 Å². The highest BCUT2D eigenvalue weighted by molar-refractivity contribution is 6.13. The molecule has 0 aromatic heterocycles. The van der Waals surface area contributed by atoms with Gasteiger partial charge in [-0.25, -0.2) is 0 Å². The second kappa shape index (κ2) is 8.08. The summed E-state index contributed by atoms with van der Waals surface area (Å²) in [6, 6.07) is 19.4. The minimum absolute atomic E-state index is 0.0531. The van der Waals surface area contributed by atoms with Crippen LogP contribution in [0.5, 0.6) is 0 Å². The Bertz CT molecular complexity index is 936. The Kier molecular flexibility index (Phi) is 5.35. The maximum Gasteiger partial charge on any atom is 0.240 e. The van der Waals surface area contributed by atoms with Crippen molar-refractivity contribution in [2.45, 2.75) is 32.1 Å². The third-order valence-corrected chi connectivity index (χ3v) is 6.16. The number of amides is 2. The zero-order valence-corrected chi connectivity index (χ0v) is 16.4. The first-order chi connectivity index (χ1) is 14.1. The SMILES string of the molecule is N#Cc1ccccc1NC(=O)C1(C(=O)N2CCC(Cc3ccccc3)CC2)CC1. The first-order valence-corrected chi connectivity index (χ1v) is 10.3. The van der Waals surface area contributed by atoms with Gasteiger partial charge in [-0.3, -0.25) is 9.59 Å². The minimum atomic E-state index is -0.950. The highest BCUT2D eigenvalue weighted by atomic mass is 16.2. The molecule has 1 aliphatic heterocycles. The largest absolute Gasteiger partial charge is 0.342 e. The van der Waals surface area contributed by atoms with Crippen LogP contribution in [0, 0.1) is 22.7 Å². The van der Waals surface area contributed by atoms with Crippen LogP contribution in [0.3, 0.4) is 0 Å². The molecule has 1 N–H and O–H groups in total. The number of hydrogen-bond donors (Lipinski definition) is 1. The van der Waals surface area contributed by atoms with Crippen LogP contribution in [0.1, 0.15) is 36.8 Å². The maximum atomic E-state index is 13.1. The molecule has 0 atom stereocenters. The zero-order valence-electron chi connectivity index (χ0n) is 16.4. The predicted octanol–water partition coefficient (Wildman–Crippen LogP) is 3.76. The number of nitrogens with one attached hydrogen (secondary N) is 1. The smallest absolute Gasteiger partial charge is 0.240 e. The fourth-order valence-corrected chi connectivity index (χ4v) is 4.18. The van der Waals surface area contributed by atoms with Gasteiger partial charge in [0.2, 0.25) is 11.8 Å². The molecule has 0 radical (unpaired) electrons. The summed E-state index contributed by atoms with van der Waals surface area (Å²) in [4.78, 5) is 27.9. The van der Waals surface area contributed by atoms with Gasteiger partial charge in [0.15, 0.2) is 0 Å². The van der Waals surface area contributed by atoms with Crippen LogP contribution in [0.15, 0.2) is 54.6 Å². The van der Waals surface area contributed by atoms with Gasteiger partial charge in [-0.15, -0.1) is 0 Å². The number of nitriles is 1. The molecular formula is C24H25N3O2. The molecule has 29 heavy (non-hydrogen) atoms. The van der Waals surface area contributed by atoms with Gasteiger partial charge < -0.3 is 10.2 Å². The monoisotopic (exact) mass is 387 g/mol. The predicted molar refractivity (Wildman–Crippen MR) is 111 cm³/mol. The molecule has 5 heteroatoms. The van der Waals surface area contributed by atoms with E-state index in [9.17, 15) is 14.9 Å². The lowest BCUT2D eigenvalue weighted by Crippen LogP contribution is -2.46. The van der Waals surface area contributed by atoms with Crippen LogP contribution in [-0.2, 0) is 16.0 Å². The summed E-state index contributed by atoms with van der Waals surface area (Å²) >= 11 is 0. The van der Waals surface area contributed by atoms with Gasteiger partial charge in [-0.1, -0.05) is 42.5 Å². The van der Waals surface area contributed by atoms with E-state index in [0.717, 1.165) is 19.3 Å². The van der Waals surface area contributed by atoms with Gasteiger partial charge >= 0.3 is 0 Å². The number of hydrogen-bond acceptors (Lipinski definition) is 3. The van der Waals surface area contributed by atoms with Crippen molar-refractivity contribution < 1.29 is 9.59 Å². The van der Waals surface area contributed by atoms with Crippen molar-refractivity contribution in [3.63, 3.8) is 0 Å². The second-order valence-electron chi connectivity index (χ2n) is 8.12. The molecule has 1 saturated carbocycles. The van der Waals surface area contributed by atoms with E-state index >= 15 is 0 Å². The van der Waals surface area contributed by atoms with Gasteiger partial charge in [0.05, 0.1) is 11.3 Å². The third kappa shape index (κ3) is 4.02. The van der Waals surface area contributed by atoms with Crippen molar-refractivity contribution >= 4 is 17.5 Å². The molecule has 1 saturated heterocycles. The van der Waals surface area contributed by atoms with Gasteiger partial charge in [0, 0.05) is 13.1 Å². The highest BCUT2D eigenvalue weighted by Crippen LogP contribution is 2.48. The van der Waals surface area contributed by atoms with Crippen molar-refractivity contribution in [3.05, 3.63) is 65.7 Å². The van der Waals surface area contributed by atoms with Crippen LogP contribution >= 0.6 is 0 Å². The summed E-state index contributed by atoms with van der Waals surface area (Å²) < 4.78 is 0. The molecule has 2 amide bonds. The van der Waals surface area contributed by atoms with Crippen molar-refractivity contribution in [2.75, 3.05) is 18.4 Å². The van der Waals surface area contributed by atoms with E-state index in [1.54, 1.807) is 24.3 Å². The van der Waals surface area contributed by atoms with Crippen LogP contribution in [0.2, 0.25) is 0 Å². The lowest BCUT2D eigenvalue weighted by Gasteiger charge is -2.34. The van der Waals surface area contributed by atoms with Gasteiger partial charge in [0.1, 0.15) is 11.5 Å². The first kappa shape index (κ1) is 19.2. The van der Waals surface area contributed by atoms with Crippen molar-refractivity contribution in [1.82, 2.24) is 4.90 Å². The van der Waals surface area contributed by atoms with Gasteiger partial charge in [0.25, 0.3) is 0 Å². The van der Waals surface area contributed by atoms with Crippen molar-refractivity contribution in [1.29, 1.82) is 5.26 Å². The van der Waals surface area contributed by atoms with Crippen molar-refractivity contribution in [3.8, 4) is 6.07 Å². The average molecular weight is 387 g/mol. The standard InChI is InChI=1S/C24H25N3O2/c25-17-20-8-4-5-9-21(20)26-22(28)24(12-13-24)23(29)27-14-10-19(11-15-27)16-18-6-2-1-3-7-18/h1-9,19H,10-16H2,(H,26,28). The Morgan fingerprint density at radius 3 is 2.34 bits per heavy atom. The lowest BCUT2D eigenvalue weighted by molar-refractivity contribution is -0.143. The number of anilines is 1. The molecule has 0 bridgehead atoms. The number of likely N-dealkylation sites (tertiary alicyclic amines) is 1. The summed E-state index contributed by atoms with van der Waals surface area (Å²) in [5.41, 5.74) is 1.27. The number of nitrogens with zero attached hydrogens (tertiary/aromatic N) is 2. The zero-order chi connectivity index (χ0) is 20.3. The molecule has 2 fully saturated rings. The van der Waals surface area contributed by atoms with Crippen LogP contribution < -0.4 is 5.32 Å². The Hall–Kier alpha value is -3.13. The summed E-state index contributed by atoms with van der Waals surface area (Å²) in [7, 11) is 0. The molecule has 148 valence electrons. The quantitative estimate of drug-likeness (QED) is 0.794. The molecule has 1 aliphatic carbocycles. The molecule has 4 rings (SSSR count). The number of carbonyl (C=O) groups excluding carboxylic acids is 2. The van der Waals surface area contributed by atoms with Gasteiger partial charge in [-0.2, -0.15) is 5.26 Å². The Morgan fingerprint density at radius 2 is 1.69 bits per heavy atom. The number of para-hydroxylation sites is 1. The molecular weight excluding hydrogens is 362 g/mol. The van der Waals surface area contributed by atoms with Crippen LogP contribution in [0.4, 0.5) is 5.69 Å². The number of piperidine rings is 1. The number of carbonyl (C=O) groups is 2. The molecule has 2 aliphatic rings. The Morgan fingerprint density at radius 1 is 1.03 bits per heavy atom. The van der Waals surface area contributed by atoms with E-state index in [4.69, 9.17) is 0 Å². The van der Waals surface area contributed by atoms with E-state index in [1.807, 2.05) is 11.0 Å². The van der Waals surface area contributed by atoms with E-state index in [1.165, 1.54) is 5.56 Å². The second-order valence-corrected chi connectivity index (χ2v) is 8.12. The number of benzene rings is 2. The summed E-state index contributed by atoms with van der Waals surface area (Å²) in [5, 5.41) is 12.0. The molecule has 1 heterocycles. The van der Waals surface area contributed by atoms with E-state index < -0.39 is 5.41 Å². The fraction of sp³-hybridized carbons (Fsp3) is 0.375. The molecule has 2 aromatic carbocycles. The fourth-order valence-electron chi connectivity index (χ4n) is 4.18. The summed E-state index contributed by atoms with van der Waals surface area (Å²) in [6.45, 7) is 1.42. The van der Waals surface area contributed by atoms with E-state index in [-0.39, 0.29) is 11.8 Å². The highest BCUT2D eigenvalue weighted by Gasteiger charge is 2.58. The molecule has 0 unspecified atom stereocenters. The average Bonchev–Trinajstić information content (AvgIpc) is 3.57. The first-order valence-electron chi connectivity index (χ1n) is 10.3. The lowest BCUT2D eigenvalue weighted by atomic mass is 9.89. The summed E-state index contributed by atoms with van der Waals surface area (Å²) in [6.07, 6.45) is 4.14. The molecule has 2 aromatic rings. The molecule has 5 nitrogen and oxygen atoms in total. The van der Waals surface area contributed by atoms with Crippen LogP contribution in [0.25, 0.3) is 0 Å². The molecule has 0 spiro atoms. The summed E-state index contributed by atoms with van der Waals surface area (Å²) in [5.74, 6) is 0.243. The Balaban J connectivity index is 1.36. The van der Waals surface area contributed by atoms with Crippen molar-refractivity contribution in [2.24, 2.45) is 11.3 Å². The third-order valence-electron chi connectivity index (χ3n) is 6.16.